The Kier molecular flexibility index (Phi) is 3.84. The minimum absolute atomic E-state index is 0.0423. The largest absolute Gasteiger partial charge is 0.504 e. The topological polar surface area (TPSA) is 130 Å². The first-order valence-corrected chi connectivity index (χ1v) is 6.90. The molecule has 24 heavy (non-hydrogen) atoms. The molecule has 0 atom stereocenters. The number of aromatic hydroxyl groups is 2. The van der Waals surface area contributed by atoms with Gasteiger partial charge in [-0.05, 0) is 30.3 Å². The van der Waals surface area contributed by atoms with Gasteiger partial charge in [0.2, 0.25) is 0 Å². The van der Waals surface area contributed by atoms with Crippen LogP contribution < -0.4 is 16.5 Å². The van der Waals surface area contributed by atoms with E-state index in [4.69, 9.17) is 5.84 Å². The van der Waals surface area contributed by atoms with Gasteiger partial charge in [0.25, 0.3) is 5.95 Å². The van der Waals surface area contributed by atoms with Gasteiger partial charge < -0.3 is 10.2 Å². The first-order valence-electron chi connectivity index (χ1n) is 6.90. The SMILES string of the molecule is Cn1c(-c2ccc(O)c(O)c2)nc(N(N)c2ccccn2)nc1=O. The summed E-state index contributed by atoms with van der Waals surface area (Å²) in [5.41, 5.74) is -0.156. The highest BCUT2D eigenvalue weighted by Crippen LogP contribution is 2.29. The first-order chi connectivity index (χ1) is 11.5. The van der Waals surface area contributed by atoms with Crippen molar-refractivity contribution < 1.29 is 10.2 Å². The van der Waals surface area contributed by atoms with Crippen LogP contribution in [-0.2, 0) is 7.05 Å². The molecule has 0 unspecified atom stereocenters. The molecule has 0 aliphatic rings. The fourth-order valence-corrected chi connectivity index (χ4v) is 2.07. The van der Waals surface area contributed by atoms with Gasteiger partial charge in [0.15, 0.2) is 11.5 Å². The van der Waals surface area contributed by atoms with Crippen molar-refractivity contribution in [3.8, 4) is 22.9 Å². The predicted octanol–water partition coefficient (Wildman–Crippen LogP) is 0.660. The average Bonchev–Trinajstić information content (AvgIpc) is 2.60. The fourth-order valence-electron chi connectivity index (χ4n) is 2.07. The van der Waals surface area contributed by atoms with Gasteiger partial charge in [-0.1, -0.05) is 6.07 Å². The van der Waals surface area contributed by atoms with Crippen LogP contribution in [0.4, 0.5) is 11.8 Å². The molecule has 2 heterocycles. The number of nitrogens with two attached hydrogens (primary N) is 1. The van der Waals surface area contributed by atoms with E-state index in [1.807, 2.05) is 0 Å². The summed E-state index contributed by atoms with van der Waals surface area (Å²) in [6.07, 6.45) is 1.55. The van der Waals surface area contributed by atoms with Crippen LogP contribution in [0.15, 0.2) is 47.4 Å². The molecule has 0 fully saturated rings. The van der Waals surface area contributed by atoms with Gasteiger partial charge in [0, 0.05) is 18.8 Å². The van der Waals surface area contributed by atoms with E-state index in [2.05, 4.69) is 15.0 Å². The van der Waals surface area contributed by atoms with Crippen molar-refractivity contribution in [2.75, 3.05) is 5.01 Å². The van der Waals surface area contributed by atoms with Crippen LogP contribution >= 0.6 is 0 Å². The molecule has 0 amide bonds. The molecular formula is C15H14N6O3. The molecule has 0 aliphatic heterocycles. The van der Waals surface area contributed by atoms with Crippen LogP contribution in [0.25, 0.3) is 11.4 Å². The van der Waals surface area contributed by atoms with E-state index in [0.29, 0.717) is 11.4 Å². The maximum absolute atomic E-state index is 12.1. The van der Waals surface area contributed by atoms with Gasteiger partial charge in [0.1, 0.15) is 11.6 Å². The van der Waals surface area contributed by atoms with Gasteiger partial charge in [-0.25, -0.2) is 20.6 Å². The zero-order chi connectivity index (χ0) is 17.3. The Bertz CT molecular complexity index is 942. The molecule has 0 radical (unpaired) electrons. The Balaban J connectivity index is 2.13. The third-order valence-corrected chi connectivity index (χ3v) is 3.35. The lowest BCUT2D eigenvalue weighted by Gasteiger charge is -2.16. The van der Waals surface area contributed by atoms with Crippen LogP contribution in [0.2, 0.25) is 0 Å². The maximum atomic E-state index is 12.1. The van der Waals surface area contributed by atoms with Gasteiger partial charge >= 0.3 is 5.69 Å². The Morgan fingerprint density at radius 1 is 1.12 bits per heavy atom. The molecule has 0 saturated heterocycles. The number of aromatic nitrogens is 4. The molecule has 2 aromatic heterocycles. The molecule has 3 aromatic rings. The zero-order valence-corrected chi connectivity index (χ0v) is 12.7. The van der Waals surface area contributed by atoms with E-state index in [1.165, 1.54) is 29.8 Å². The standard InChI is InChI=1S/C15H14N6O3/c1-20-13(9-5-6-10(22)11(23)8-9)18-14(19-15(20)24)21(16)12-4-2-3-7-17-12/h2-8,22-23H,16H2,1H3. The van der Waals surface area contributed by atoms with Crippen molar-refractivity contribution in [3.05, 3.63) is 53.1 Å². The number of hydrazine groups is 1. The lowest BCUT2D eigenvalue weighted by atomic mass is 10.2. The van der Waals surface area contributed by atoms with Crippen LogP contribution in [0.1, 0.15) is 0 Å². The van der Waals surface area contributed by atoms with E-state index in [9.17, 15) is 15.0 Å². The molecule has 0 aliphatic carbocycles. The lowest BCUT2D eigenvalue weighted by Crippen LogP contribution is -2.33. The number of anilines is 2. The summed E-state index contributed by atoms with van der Waals surface area (Å²) in [6.45, 7) is 0. The molecule has 0 saturated carbocycles. The molecule has 4 N–H and O–H groups in total. The molecule has 9 nitrogen and oxygen atoms in total. The monoisotopic (exact) mass is 326 g/mol. The maximum Gasteiger partial charge on any atom is 0.352 e. The van der Waals surface area contributed by atoms with Gasteiger partial charge in [-0.15, -0.1) is 0 Å². The third kappa shape index (κ3) is 2.75. The minimum Gasteiger partial charge on any atom is -0.504 e. The van der Waals surface area contributed by atoms with E-state index < -0.39 is 5.69 Å². The van der Waals surface area contributed by atoms with Crippen molar-refractivity contribution in [2.24, 2.45) is 12.9 Å². The smallest absolute Gasteiger partial charge is 0.352 e. The summed E-state index contributed by atoms with van der Waals surface area (Å²) in [7, 11) is 1.49. The summed E-state index contributed by atoms with van der Waals surface area (Å²) >= 11 is 0. The zero-order valence-electron chi connectivity index (χ0n) is 12.7. The van der Waals surface area contributed by atoms with E-state index in [-0.39, 0.29) is 23.3 Å². The van der Waals surface area contributed by atoms with Crippen LogP contribution in [0, 0.1) is 0 Å². The van der Waals surface area contributed by atoms with E-state index >= 15 is 0 Å². The van der Waals surface area contributed by atoms with E-state index in [0.717, 1.165) is 5.01 Å². The Hall–Kier alpha value is -3.46. The second-order valence-corrected chi connectivity index (χ2v) is 4.95. The molecule has 9 heteroatoms. The number of pyridine rings is 1. The lowest BCUT2D eigenvalue weighted by molar-refractivity contribution is 0.404. The number of benzene rings is 1. The molecule has 1 aromatic carbocycles. The average molecular weight is 326 g/mol. The molecule has 0 spiro atoms. The normalized spacial score (nSPS) is 10.6. The molecule has 3 rings (SSSR count). The summed E-state index contributed by atoms with van der Waals surface area (Å²) in [5, 5.41) is 20.2. The molecule has 122 valence electrons. The summed E-state index contributed by atoms with van der Waals surface area (Å²) in [4.78, 5) is 24.3. The highest BCUT2D eigenvalue weighted by Gasteiger charge is 2.15. The highest BCUT2D eigenvalue weighted by atomic mass is 16.3. The molecular weight excluding hydrogens is 312 g/mol. The second-order valence-electron chi connectivity index (χ2n) is 4.95. The van der Waals surface area contributed by atoms with Crippen LogP contribution in [0.3, 0.4) is 0 Å². The highest BCUT2D eigenvalue weighted by molar-refractivity contribution is 5.62. The van der Waals surface area contributed by atoms with Gasteiger partial charge in [-0.3, -0.25) is 4.57 Å². The van der Waals surface area contributed by atoms with Gasteiger partial charge in [0.05, 0.1) is 0 Å². The number of hydrogen-bond acceptors (Lipinski definition) is 8. The Morgan fingerprint density at radius 3 is 2.58 bits per heavy atom. The van der Waals surface area contributed by atoms with E-state index in [1.54, 1.807) is 24.4 Å². The quantitative estimate of drug-likeness (QED) is 0.363. The first kappa shape index (κ1) is 15.4. The number of hydrogen-bond donors (Lipinski definition) is 3. The predicted molar refractivity (Wildman–Crippen MR) is 86.6 cm³/mol. The number of phenolic OH excluding ortho intramolecular Hbond substituents is 2. The number of phenols is 2. The van der Waals surface area contributed by atoms with Crippen molar-refractivity contribution in [1.29, 1.82) is 0 Å². The summed E-state index contributed by atoms with van der Waals surface area (Å²) in [6, 6.07) is 9.22. The number of nitrogens with zero attached hydrogens (tertiary/aromatic N) is 5. The molecule has 0 bridgehead atoms. The van der Waals surface area contributed by atoms with Crippen molar-refractivity contribution in [1.82, 2.24) is 19.5 Å². The summed E-state index contributed by atoms with van der Waals surface area (Å²) < 4.78 is 1.21. The van der Waals surface area contributed by atoms with Crippen molar-refractivity contribution >= 4 is 11.8 Å². The fraction of sp³-hybridized carbons (Fsp3) is 0.0667. The second kappa shape index (κ2) is 5.97. The minimum atomic E-state index is -0.575. The van der Waals surface area contributed by atoms with Crippen LogP contribution in [0.5, 0.6) is 11.5 Å². The van der Waals surface area contributed by atoms with Crippen molar-refractivity contribution in [3.63, 3.8) is 0 Å². The van der Waals surface area contributed by atoms with Crippen molar-refractivity contribution in [2.45, 2.75) is 0 Å². The number of rotatable bonds is 3. The van der Waals surface area contributed by atoms with Gasteiger partial charge in [-0.2, -0.15) is 9.97 Å². The Morgan fingerprint density at radius 2 is 1.92 bits per heavy atom. The van der Waals surface area contributed by atoms with Crippen LogP contribution in [-0.4, -0.2) is 29.7 Å². The third-order valence-electron chi connectivity index (χ3n) is 3.35. The Labute approximate surface area is 136 Å². The summed E-state index contributed by atoms with van der Waals surface area (Å²) in [5.74, 6) is 5.90.